The summed E-state index contributed by atoms with van der Waals surface area (Å²) in [6.07, 6.45) is 2.11. The first-order valence-electron chi connectivity index (χ1n) is 9.28. The lowest BCUT2D eigenvalue weighted by Crippen LogP contribution is -2.27. The van der Waals surface area contributed by atoms with Crippen molar-refractivity contribution in [1.82, 2.24) is 4.90 Å². The SMILES string of the molecule is CN1CCC(=C2c3ccccc3C(CO)=C(CO)c3ccccc32)CC1. The summed E-state index contributed by atoms with van der Waals surface area (Å²) in [6.45, 7) is 1.98. The van der Waals surface area contributed by atoms with Crippen molar-refractivity contribution >= 4 is 16.7 Å². The Labute approximate surface area is 154 Å². The van der Waals surface area contributed by atoms with Crippen LogP contribution >= 0.6 is 0 Å². The van der Waals surface area contributed by atoms with Crippen molar-refractivity contribution in [2.75, 3.05) is 33.4 Å². The highest BCUT2D eigenvalue weighted by atomic mass is 16.3. The van der Waals surface area contributed by atoms with Crippen LogP contribution in [0.25, 0.3) is 16.7 Å². The van der Waals surface area contributed by atoms with E-state index in [1.807, 2.05) is 12.1 Å². The van der Waals surface area contributed by atoms with Gasteiger partial charge in [-0.3, -0.25) is 0 Å². The van der Waals surface area contributed by atoms with Gasteiger partial charge >= 0.3 is 0 Å². The molecule has 2 aliphatic rings. The Kier molecular flexibility index (Phi) is 4.77. The molecule has 2 N–H and O–H groups in total. The number of aliphatic hydroxyl groups is 2. The lowest BCUT2D eigenvalue weighted by atomic mass is 9.85. The number of aliphatic hydroxyl groups excluding tert-OH is 2. The summed E-state index contributed by atoms with van der Waals surface area (Å²) in [7, 11) is 2.17. The maximum atomic E-state index is 10.1. The number of likely N-dealkylation sites (tertiary alicyclic amines) is 1. The molecular formula is C23H25NO2. The van der Waals surface area contributed by atoms with Crippen LogP contribution in [0, 0.1) is 0 Å². The Balaban J connectivity index is 2.06. The first kappa shape index (κ1) is 17.2. The Morgan fingerprint density at radius 3 is 1.58 bits per heavy atom. The monoisotopic (exact) mass is 347 g/mol. The molecule has 2 aromatic rings. The van der Waals surface area contributed by atoms with Crippen LogP contribution in [-0.4, -0.2) is 48.5 Å². The van der Waals surface area contributed by atoms with Crippen LogP contribution in [0.4, 0.5) is 0 Å². The van der Waals surface area contributed by atoms with Gasteiger partial charge in [0.1, 0.15) is 0 Å². The van der Waals surface area contributed by atoms with Crippen molar-refractivity contribution < 1.29 is 10.2 Å². The highest BCUT2D eigenvalue weighted by Crippen LogP contribution is 2.43. The van der Waals surface area contributed by atoms with Crippen LogP contribution in [0.5, 0.6) is 0 Å². The molecule has 3 heteroatoms. The Morgan fingerprint density at radius 1 is 0.731 bits per heavy atom. The van der Waals surface area contributed by atoms with Crippen molar-refractivity contribution in [3.63, 3.8) is 0 Å². The maximum Gasteiger partial charge on any atom is 0.0691 e. The Hall–Kier alpha value is -2.20. The first-order valence-corrected chi connectivity index (χ1v) is 9.28. The van der Waals surface area contributed by atoms with Gasteiger partial charge in [-0.05, 0) is 58.9 Å². The molecule has 3 nitrogen and oxygen atoms in total. The average Bonchev–Trinajstić information content (AvgIpc) is 2.80. The molecule has 1 fully saturated rings. The molecule has 0 aromatic heterocycles. The molecule has 0 bridgehead atoms. The first-order chi connectivity index (χ1) is 12.7. The van der Waals surface area contributed by atoms with Gasteiger partial charge in [-0.2, -0.15) is 0 Å². The zero-order valence-electron chi connectivity index (χ0n) is 15.2. The molecule has 134 valence electrons. The fourth-order valence-corrected chi connectivity index (χ4v) is 4.28. The van der Waals surface area contributed by atoms with Crippen molar-refractivity contribution in [1.29, 1.82) is 0 Å². The topological polar surface area (TPSA) is 43.7 Å². The standard InChI is InChI=1S/C23H25NO2/c1-24-12-10-16(11-13-24)23-19-8-4-2-6-17(19)21(14-25)22(15-26)18-7-3-5-9-20(18)23/h2-9,25-26H,10-15H2,1H3. The van der Waals surface area contributed by atoms with Gasteiger partial charge in [-0.25, -0.2) is 0 Å². The molecule has 1 aliphatic carbocycles. The van der Waals surface area contributed by atoms with E-state index >= 15 is 0 Å². The highest BCUT2D eigenvalue weighted by Gasteiger charge is 2.26. The van der Waals surface area contributed by atoms with Gasteiger partial charge < -0.3 is 15.1 Å². The van der Waals surface area contributed by atoms with Gasteiger partial charge in [0, 0.05) is 13.1 Å². The van der Waals surface area contributed by atoms with Gasteiger partial charge in [0.05, 0.1) is 13.2 Å². The quantitative estimate of drug-likeness (QED) is 0.875. The summed E-state index contributed by atoms with van der Waals surface area (Å²) in [5, 5.41) is 20.3. The summed E-state index contributed by atoms with van der Waals surface area (Å²) in [4.78, 5) is 2.37. The van der Waals surface area contributed by atoms with E-state index in [1.54, 1.807) is 0 Å². The number of benzene rings is 2. The van der Waals surface area contributed by atoms with Gasteiger partial charge in [0.15, 0.2) is 0 Å². The third-order valence-corrected chi connectivity index (χ3v) is 5.67. The van der Waals surface area contributed by atoms with Crippen LogP contribution in [0.2, 0.25) is 0 Å². The number of piperidine rings is 1. The molecule has 1 saturated heterocycles. The summed E-state index contributed by atoms with van der Waals surface area (Å²) < 4.78 is 0. The Morgan fingerprint density at radius 2 is 1.15 bits per heavy atom. The second kappa shape index (κ2) is 7.20. The number of rotatable bonds is 2. The fourth-order valence-electron chi connectivity index (χ4n) is 4.28. The predicted octanol–water partition coefficient (Wildman–Crippen LogP) is 3.42. The molecule has 26 heavy (non-hydrogen) atoms. The molecule has 0 radical (unpaired) electrons. The molecular weight excluding hydrogens is 322 g/mol. The normalized spacial score (nSPS) is 17.8. The number of fused-ring (bicyclic) bond motifs is 2. The largest absolute Gasteiger partial charge is 0.392 e. The lowest BCUT2D eigenvalue weighted by molar-refractivity contribution is 0.313. The molecule has 0 amide bonds. The number of hydrogen-bond acceptors (Lipinski definition) is 3. The molecule has 0 spiro atoms. The van der Waals surface area contributed by atoms with Crippen LogP contribution in [0.15, 0.2) is 54.1 Å². The highest BCUT2D eigenvalue weighted by molar-refractivity contribution is 6.04. The van der Waals surface area contributed by atoms with Gasteiger partial charge in [0.25, 0.3) is 0 Å². The van der Waals surface area contributed by atoms with Crippen molar-refractivity contribution in [3.8, 4) is 0 Å². The van der Waals surface area contributed by atoms with E-state index < -0.39 is 0 Å². The second-order valence-electron chi connectivity index (χ2n) is 7.15. The average molecular weight is 347 g/mol. The number of nitrogens with zero attached hydrogens (tertiary/aromatic N) is 1. The molecule has 4 rings (SSSR count). The van der Waals surface area contributed by atoms with Crippen molar-refractivity contribution in [2.45, 2.75) is 12.8 Å². The lowest BCUT2D eigenvalue weighted by Gasteiger charge is -2.27. The molecule has 0 unspecified atom stereocenters. The minimum atomic E-state index is -0.0768. The molecule has 0 atom stereocenters. The molecule has 1 heterocycles. The minimum Gasteiger partial charge on any atom is -0.392 e. The van der Waals surface area contributed by atoms with E-state index in [4.69, 9.17) is 0 Å². The van der Waals surface area contributed by atoms with Crippen molar-refractivity contribution in [3.05, 3.63) is 76.4 Å². The zero-order valence-corrected chi connectivity index (χ0v) is 15.2. The summed E-state index contributed by atoms with van der Waals surface area (Å²) in [6, 6.07) is 16.6. The summed E-state index contributed by atoms with van der Waals surface area (Å²) >= 11 is 0. The predicted molar refractivity (Wildman–Crippen MR) is 107 cm³/mol. The van der Waals surface area contributed by atoms with Crippen LogP contribution in [0.3, 0.4) is 0 Å². The van der Waals surface area contributed by atoms with Gasteiger partial charge in [-0.15, -0.1) is 0 Å². The van der Waals surface area contributed by atoms with E-state index in [2.05, 4.69) is 48.3 Å². The number of hydrogen-bond donors (Lipinski definition) is 2. The minimum absolute atomic E-state index is 0.0768. The van der Waals surface area contributed by atoms with Gasteiger partial charge in [-0.1, -0.05) is 54.1 Å². The summed E-state index contributed by atoms with van der Waals surface area (Å²) in [5.41, 5.74) is 8.85. The van der Waals surface area contributed by atoms with Gasteiger partial charge in [0.2, 0.25) is 0 Å². The third-order valence-electron chi connectivity index (χ3n) is 5.67. The van der Waals surface area contributed by atoms with Crippen LogP contribution in [0.1, 0.15) is 35.1 Å². The van der Waals surface area contributed by atoms with E-state index in [-0.39, 0.29) is 13.2 Å². The molecule has 2 aromatic carbocycles. The van der Waals surface area contributed by atoms with Crippen LogP contribution < -0.4 is 0 Å². The molecule has 1 aliphatic heterocycles. The fraction of sp³-hybridized carbons (Fsp3) is 0.304. The Bertz CT molecular complexity index is 825. The maximum absolute atomic E-state index is 10.1. The molecule has 0 saturated carbocycles. The van der Waals surface area contributed by atoms with Crippen molar-refractivity contribution in [2.24, 2.45) is 0 Å². The zero-order chi connectivity index (χ0) is 18.1. The summed E-state index contributed by atoms with van der Waals surface area (Å²) in [5.74, 6) is 0. The smallest absolute Gasteiger partial charge is 0.0691 e. The van der Waals surface area contributed by atoms with Crippen LogP contribution in [-0.2, 0) is 0 Å². The van der Waals surface area contributed by atoms with E-state index in [0.717, 1.165) is 48.2 Å². The second-order valence-corrected chi connectivity index (χ2v) is 7.15. The van der Waals surface area contributed by atoms with E-state index in [0.29, 0.717) is 0 Å². The van der Waals surface area contributed by atoms with E-state index in [9.17, 15) is 10.2 Å². The third kappa shape index (κ3) is 2.82. The van der Waals surface area contributed by atoms with E-state index in [1.165, 1.54) is 22.3 Å².